The van der Waals surface area contributed by atoms with Gasteiger partial charge < -0.3 is 10.2 Å². The fourth-order valence-corrected chi connectivity index (χ4v) is 3.77. The van der Waals surface area contributed by atoms with Crippen molar-refractivity contribution in [3.63, 3.8) is 0 Å². The molecule has 2 heterocycles. The predicted molar refractivity (Wildman–Crippen MR) is 79.6 cm³/mol. The zero-order chi connectivity index (χ0) is 13.0. The quantitative estimate of drug-likeness (QED) is 0.803. The van der Waals surface area contributed by atoms with Crippen LogP contribution < -0.4 is 10.2 Å². The summed E-state index contributed by atoms with van der Waals surface area (Å²) in [6.45, 7) is 8.83. The molecule has 1 saturated heterocycles. The molecule has 0 aliphatic carbocycles. The molecule has 0 aromatic carbocycles. The summed E-state index contributed by atoms with van der Waals surface area (Å²) in [6.07, 6.45) is 4.91. The Morgan fingerprint density at radius 1 is 1.44 bits per heavy atom. The predicted octanol–water partition coefficient (Wildman–Crippen LogP) is 3.06. The zero-order valence-corrected chi connectivity index (χ0v) is 12.6. The summed E-state index contributed by atoms with van der Waals surface area (Å²) in [5.74, 6) is 0. The maximum Gasteiger partial charge on any atom is 0.185 e. The van der Waals surface area contributed by atoms with E-state index in [1.54, 1.807) is 0 Å². The maximum absolute atomic E-state index is 4.82. The molecule has 1 aliphatic heterocycles. The van der Waals surface area contributed by atoms with Crippen molar-refractivity contribution in [2.24, 2.45) is 0 Å². The van der Waals surface area contributed by atoms with Gasteiger partial charge in [0.2, 0.25) is 0 Å². The molecule has 0 saturated carbocycles. The molecule has 18 heavy (non-hydrogen) atoms. The minimum atomic E-state index is 0.655. The molecule has 1 N–H and O–H groups in total. The maximum atomic E-state index is 4.82. The lowest BCUT2D eigenvalue weighted by Crippen LogP contribution is -2.34. The summed E-state index contributed by atoms with van der Waals surface area (Å²) < 4.78 is 0. The first-order valence-corrected chi connectivity index (χ1v) is 8.07. The largest absolute Gasteiger partial charge is 0.342 e. The Labute approximate surface area is 115 Å². The molecule has 0 radical (unpaired) electrons. The van der Waals surface area contributed by atoms with E-state index < -0.39 is 0 Å². The van der Waals surface area contributed by atoms with Crippen LogP contribution >= 0.6 is 11.3 Å². The van der Waals surface area contributed by atoms with Crippen LogP contribution in [0.5, 0.6) is 0 Å². The number of likely N-dealkylation sites (N-methyl/N-ethyl adjacent to an activating group) is 1. The molecular weight excluding hydrogens is 242 g/mol. The molecule has 4 heteroatoms. The van der Waals surface area contributed by atoms with E-state index in [9.17, 15) is 0 Å². The van der Waals surface area contributed by atoms with Crippen LogP contribution in [0.1, 0.15) is 45.7 Å². The highest BCUT2D eigenvalue weighted by Crippen LogP contribution is 2.33. The number of aromatic nitrogens is 1. The van der Waals surface area contributed by atoms with Crippen molar-refractivity contribution in [2.45, 2.75) is 58.5 Å². The Hall–Kier alpha value is -0.610. The van der Waals surface area contributed by atoms with E-state index in [0.717, 1.165) is 19.5 Å². The van der Waals surface area contributed by atoms with E-state index in [1.807, 2.05) is 11.3 Å². The molecule has 0 amide bonds. The van der Waals surface area contributed by atoms with Crippen molar-refractivity contribution >= 4 is 16.5 Å². The fourth-order valence-electron chi connectivity index (χ4n) is 2.74. The highest BCUT2D eigenvalue weighted by atomic mass is 32.1. The van der Waals surface area contributed by atoms with E-state index in [1.165, 1.54) is 30.1 Å². The van der Waals surface area contributed by atoms with Gasteiger partial charge in [-0.3, -0.25) is 0 Å². The first kappa shape index (κ1) is 13.8. The number of hydrogen-bond donors (Lipinski definition) is 1. The van der Waals surface area contributed by atoms with Gasteiger partial charge in [-0.1, -0.05) is 13.8 Å². The van der Waals surface area contributed by atoms with Crippen LogP contribution in [-0.2, 0) is 6.42 Å². The van der Waals surface area contributed by atoms with Gasteiger partial charge in [0.15, 0.2) is 5.13 Å². The molecule has 1 aromatic heterocycles. The van der Waals surface area contributed by atoms with Gasteiger partial charge in [0, 0.05) is 30.4 Å². The van der Waals surface area contributed by atoms with Crippen LogP contribution in [0, 0.1) is 0 Å². The van der Waals surface area contributed by atoms with Crippen molar-refractivity contribution in [3.05, 3.63) is 11.1 Å². The van der Waals surface area contributed by atoms with Gasteiger partial charge in [-0.25, -0.2) is 4.98 Å². The molecule has 2 unspecified atom stereocenters. The lowest BCUT2D eigenvalue weighted by Gasteiger charge is -2.27. The van der Waals surface area contributed by atoms with Gasteiger partial charge in [-0.05, 0) is 32.7 Å². The highest BCUT2D eigenvalue weighted by molar-refractivity contribution is 7.13. The third-order valence-electron chi connectivity index (χ3n) is 3.83. The third kappa shape index (κ3) is 3.04. The van der Waals surface area contributed by atoms with E-state index in [2.05, 4.69) is 36.4 Å². The first-order valence-electron chi connectivity index (χ1n) is 7.19. The Kier molecular flexibility index (Phi) is 5.01. The second-order valence-electron chi connectivity index (χ2n) is 5.12. The summed E-state index contributed by atoms with van der Waals surface area (Å²) in [5, 5.41) is 6.82. The average molecular weight is 267 g/mol. The Bertz CT molecular complexity index is 364. The number of thiazole rings is 1. The SMILES string of the molecule is CCNCCc1csc(N2C(C)CCC2CC)n1. The summed E-state index contributed by atoms with van der Waals surface area (Å²) in [5.41, 5.74) is 1.24. The monoisotopic (exact) mass is 267 g/mol. The molecule has 2 atom stereocenters. The third-order valence-corrected chi connectivity index (χ3v) is 4.73. The van der Waals surface area contributed by atoms with Gasteiger partial charge in [0.25, 0.3) is 0 Å². The van der Waals surface area contributed by atoms with Crippen LogP contribution in [0.15, 0.2) is 5.38 Å². The molecule has 2 rings (SSSR count). The fraction of sp³-hybridized carbons (Fsp3) is 0.786. The van der Waals surface area contributed by atoms with Crippen LogP contribution in [0.2, 0.25) is 0 Å². The Morgan fingerprint density at radius 3 is 3.00 bits per heavy atom. The van der Waals surface area contributed by atoms with Crippen LogP contribution in [0.4, 0.5) is 5.13 Å². The summed E-state index contributed by atoms with van der Waals surface area (Å²) >= 11 is 1.81. The second-order valence-corrected chi connectivity index (χ2v) is 5.96. The normalized spacial score (nSPS) is 23.8. The highest BCUT2D eigenvalue weighted by Gasteiger charge is 2.31. The van der Waals surface area contributed by atoms with Crippen molar-refractivity contribution in [3.8, 4) is 0 Å². The van der Waals surface area contributed by atoms with Gasteiger partial charge in [-0.15, -0.1) is 11.3 Å². The van der Waals surface area contributed by atoms with Crippen molar-refractivity contribution in [1.29, 1.82) is 0 Å². The summed E-state index contributed by atoms with van der Waals surface area (Å²) in [4.78, 5) is 7.36. The summed E-state index contributed by atoms with van der Waals surface area (Å²) in [6, 6.07) is 1.36. The number of nitrogens with zero attached hydrogens (tertiary/aromatic N) is 2. The average Bonchev–Trinajstić information content (AvgIpc) is 2.96. The number of anilines is 1. The molecule has 1 aliphatic rings. The van der Waals surface area contributed by atoms with E-state index in [4.69, 9.17) is 4.98 Å². The minimum Gasteiger partial charge on any atom is -0.342 e. The van der Waals surface area contributed by atoms with Gasteiger partial charge >= 0.3 is 0 Å². The van der Waals surface area contributed by atoms with Crippen molar-refractivity contribution < 1.29 is 0 Å². The van der Waals surface area contributed by atoms with Crippen molar-refractivity contribution in [1.82, 2.24) is 10.3 Å². The zero-order valence-electron chi connectivity index (χ0n) is 11.8. The Morgan fingerprint density at radius 2 is 2.28 bits per heavy atom. The van der Waals surface area contributed by atoms with Crippen LogP contribution in [-0.4, -0.2) is 30.2 Å². The van der Waals surface area contributed by atoms with Crippen LogP contribution in [0.3, 0.4) is 0 Å². The topological polar surface area (TPSA) is 28.2 Å². The van der Waals surface area contributed by atoms with E-state index in [-0.39, 0.29) is 0 Å². The molecule has 1 fully saturated rings. The lowest BCUT2D eigenvalue weighted by molar-refractivity contribution is 0.625. The Balaban J connectivity index is 2.00. The molecule has 0 bridgehead atoms. The smallest absolute Gasteiger partial charge is 0.185 e. The van der Waals surface area contributed by atoms with Crippen LogP contribution in [0.25, 0.3) is 0 Å². The number of nitrogens with one attached hydrogen (secondary N) is 1. The van der Waals surface area contributed by atoms with Gasteiger partial charge in [0.05, 0.1) is 5.69 Å². The summed E-state index contributed by atoms with van der Waals surface area (Å²) in [7, 11) is 0. The van der Waals surface area contributed by atoms with Gasteiger partial charge in [0.1, 0.15) is 0 Å². The molecule has 102 valence electrons. The minimum absolute atomic E-state index is 0.655. The number of rotatable bonds is 6. The second kappa shape index (κ2) is 6.53. The van der Waals surface area contributed by atoms with Crippen molar-refractivity contribution in [2.75, 3.05) is 18.0 Å². The molecule has 1 aromatic rings. The molecule has 3 nitrogen and oxygen atoms in total. The van der Waals surface area contributed by atoms with E-state index in [0.29, 0.717) is 12.1 Å². The standard InChI is InChI=1S/C14H25N3S/c1-4-13-7-6-11(3)17(13)14-16-12(10-18-14)8-9-15-5-2/h10-11,13,15H,4-9H2,1-3H3. The number of hydrogen-bond acceptors (Lipinski definition) is 4. The molecular formula is C14H25N3S. The molecule has 0 spiro atoms. The van der Waals surface area contributed by atoms with E-state index >= 15 is 0 Å². The first-order chi connectivity index (χ1) is 8.76. The lowest BCUT2D eigenvalue weighted by atomic mass is 10.2. The van der Waals surface area contributed by atoms with Gasteiger partial charge in [-0.2, -0.15) is 0 Å².